The van der Waals surface area contributed by atoms with Crippen LogP contribution in [0.5, 0.6) is 0 Å². The second-order valence-corrected chi connectivity index (χ2v) is 6.60. The molecule has 0 aliphatic carbocycles. The molecule has 0 amide bonds. The van der Waals surface area contributed by atoms with Crippen molar-refractivity contribution in [2.75, 3.05) is 26.3 Å². The molecule has 6 heteroatoms. The third-order valence-electron chi connectivity index (χ3n) is 4.67. The topological polar surface area (TPSA) is 70.9 Å². The van der Waals surface area contributed by atoms with E-state index in [1.807, 2.05) is 6.08 Å². The van der Waals surface area contributed by atoms with Gasteiger partial charge in [-0.2, -0.15) is 0 Å². The Bertz CT molecular complexity index is 499. The quantitative estimate of drug-likeness (QED) is 0.577. The van der Waals surface area contributed by atoms with Crippen molar-refractivity contribution in [1.82, 2.24) is 10.3 Å². The number of amidine groups is 1. The molecular formula is C14H22N4O2. The van der Waals surface area contributed by atoms with Gasteiger partial charge in [0.1, 0.15) is 6.20 Å². The van der Waals surface area contributed by atoms with Crippen LogP contribution in [0, 0.1) is 10.6 Å². The second-order valence-electron chi connectivity index (χ2n) is 6.60. The summed E-state index contributed by atoms with van der Waals surface area (Å²) in [4.78, 5) is 0. The number of piperidine rings is 1. The molecule has 1 saturated heterocycles. The fraction of sp³-hybridized carbons (Fsp3) is 0.643. The molecule has 0 aromatic carbocycles. The van der Waals surface area contributed by atoms with Crippen LogP contribution in [0.15, 0.2) is 29.5 Å². The molecule has 1 fully saturated rings. The van der Waals surface area contributed by atoms with E-state index >= 15 is 0 Å². The zero-order valence-corrected chi connectivity index (χ0v) is 12.0. The molecule has 2 atom stereocenters. The fourth-order valence-electron chi connectivity index (χ4n) is 3.06. The van der Waals surface area contributed by atoms with Crippen LogP contribution in [-0.4, -0.2) is 52.5 Å². The van der Waals surface area contributed by atoms with Gasteiger partial charge >= 0.3 is 0 Å². The average molecular weight is 278 g/mol. The minimum Gasteiger partial charge on any atom is -0.620 e. The molecule has 0 aromatic rings. The van der Waals surface area contributed by atoms with Gasteiger partial charge in [-0.3, -0.25) is 4.65 Å². The van der Waals surface area contributed by atoms with Crippen LogP contribution < -0.4 is 5.32 Å². The number of quaternary nitrogens is 1. The normalized spacial score (nSPS) is 38.8. The van der Waals surface area contributed by atoms with Gasteiger partial charge in [0.25, 0.3) is 5.84 Å². The largest absolute Gasteiger partial charge is 0.620 e. The molecule has 2 N–H and O–H groups in total. The molecule has 0 spiro atoms. The van der Waals surface area contributed by atoms with Crippen molar-refractivity contribution in [3.63, 3.8) is 0 Å². The average Bonchev–Trinajstić information content (AvgIpc) is 2.68. The summed E-state index contributed by atoms with van der Waals surface area (Å²) in [7, 11) is 0. The number of fused-ring (bicyclic) bond motifs is 1. The van der Waals surface area contributed by atoms with Gasteiger partial charge in [0.15, 0.2) is 6.67 Å². The van der Waals surface area contributed by atoms with Crippen molar-refractivity contribution in [1.29, 1.82) is 0 Å². The molecule has 3 heterocycles. The highest BCUT2D eigenvalue weighted by atomic mass is 16.6. The van der Waals surface area contributed by atoms with E-state index in [0.717, 1.165) is 13.1 Å². The van der Waals surface area contributed by atoms with Crippen LogP contribution in [0.1, 0.15) is 20.3 Å². The first-order valence-corrected chi connectivity index (χ1v) is 7.07. The molecule has 3 aliphatic heterocycles. The summed E-state index contributed by atoms with van der Waals surface area (Å²) in [6, 6.07) is 0. The lowest BCUT2D eigenvalue weighted by molar-refractivity contribution is -0.736. The maximum atomic E-state index is 12.5. The van der Waals surface area contributed by atoms with Crippen LogP contribution in [0.25, 0.3) is 0 Å². The molecule has 6 nitrogen and oxygen atoms in total. The van der Waals surface area contributed by atoms with Gasteiger partial charge < -0.3 is 15.6 Å². The van der Waals surface area contributed by atoms with Crippen LogP contribution in [0.3, 0.4) is 0 Å². The van der Waals surface area contributed by atoms with E-state index < -0.39 is 10.2 Å². The molecule has 0 saturated carbocycles. The molecule has 3 aliphatic rings. The van der Waals surface area contributed by atoms with Gasteiger partial charge in [-0.05, 0) is 25.1 Å². The Morgan fingerprint density at radius 1 is 1.50 bits per heavy atom. The minimum atomic E-state index is -0.830. The molecule has 0 aromatic heterocycles. The summed E-state index contributed by atoms with van der Waals surface area (Å²) in [5.74, 6) is 0.489. The van der Waals surface area contributed by atoms with E-state index in [4.69, 9.17) is 0 Å². The van der Waals surface area contributed by atoms with Gasteiger partial charge in [-0.1, -0.05) is 13.8 Å². The molecule has 3 rings (SSSR count). The molecule has 2 unspecified atom stereocenters. The first kappa shape index (κ1) is 13.8. The summed E-state index contributed by atoms with van der Waals surface area (Å²) in [5.41, 5.74) is -1.07. The number of hydrogen-bond donors (Lipinski definition) is 2. The van der Waals surface area contributed by atoms with Crippen molar-refractivity contribution in [3.05, 3.63) is 29.6 Å². The summed E-state index contributed by atoms with van der Waals surface area (Å²) in [6.45, 7) is 6.30. The summed E-state index contributed by atoms with van der Waals surface area (Å²) in [6.07, 6.45) is 7.57. The van der Waals surface area contributed by atoms with Gasteiger partial charge in [0.05, 0.1) is 12.1 Å². The Kier molecular flexibility index (Phi) is 3.02. The molecule has 20 heavy (non-hydrogen) atoms. The second kappa shape index (κ2) is 4.39. The summed E-state index contributed by atoms with van der Waals surface area (Å²) < 4.78 is -0.550. The van der Waals surface area contributed by atoms with Crippen molar-refractivity contribution in [2.24, 2.45) is 10.5 Å². The zero-order chi connectivity index (χ0) is 14.4. The lowest BCUT2D eigenvalue weighted by Gasteiger charge is -2.47. The van der Waals surface area contributed by atoms with Gasteiger partial charge in [-0.15, -0.1) is 5.10 Å². The zero-order valence-electron chi connectivity index (χ0n) is 12.0. The smallest absolute Gasteiger partial charge is 0.250 e. The monoisotopic (exact) mass is 278 g/mol. The van der Waals surface area contributed by atoms with Crippen LogP contribution in [0.4, 0.5) is 0 Å². The highest BCUT2D eigenvalue weighted by Gasteiger charge is 2.48. The lowest BCUT2D eigenvalue weighted by Crippen LogP contribution is -2.60. The van der Waals surface area contributed by atoms with E-state index in [1.165, 1.54) is 0 Å². The number of allylic oxidation sites excluding steroid dienone is 2. The Morgan fingerprint density at radius 2 is 2.30 bits per heavy atom. The number of rotatable bonds is 2. The molecule has 0 bridgehead atoms. The van der Waals surface area contributed by atoms with Gasteiger partial charge in [0.2, 0.25) is 0 Å². The van der Waals surface area contributed by atoms with Crippen molar-refractivity contribution >= 4 is 5.84 Å². The van der Waals surface area contributed by atoms with Crippen LogP contribution >= 0.6 is 0 Å². The van der Waals surface area contributed by atoms with Crippen molar-refractivity contribution in [3.8, 4) is 0 Å². The maximum Gasteiger partial charge on any atom is 0.250 e. The predicted molar refractivity (Wildman–Crippen MR) is 77.1 cm³/mol. The van der Waals surface area contributed by atoms with E-state index in [1.54, 1.807) is 23.4 Å². The fourth-order valence-corrected chi connectivity index (χ4v) is 3.06. The van der Waals surface area contributed by atoms with Crippen LogP contribution in [-0.2, 0) is 0 Å². The highest BCUT2D eigenvalue weighted by molar-refractivity contribution is 5.89. The lowest BCUT2D eigenvalue weighted by atomic mass is 9.70. The number of aliphatic hydroxyl groups is 1. The summed E-state index contributed by atoms with van der Waals surface area (Å²) in [5, 5.41) is 32.9. The maximum absolute atomic E-state index is 12.5. The number of hydrazone groups is 1. The van der Waals surface area contributed by atoms with E-state index in [2.05, 4.69) is 24.3 Å². The van der Waals surface area contributed by atoms with Crippen LogP contribution in [0.2, 0.25) is 0 Å². The SMILES string of the molecule is CC1(C)CNCCC1(O)CN1C[N+]2([O-])C=CC=CC2=N1. The van der Waals surface area contributed by atoms with E-state index in [9.17, 15) is 10.3 Å². The first-order valence-electron chi connectivity index (χ1n) is 7.07. The van der Waals surface area contributed by atoms with E-state index in [-0.39, 0.29) is 12.1 Å². The Morgan fingerprint density at radius 3 is 3.00 bits per heavy atom. The number of hydroxylamine groups is 3. The minimum absolute atomic E-state index is 0.238. The third-order valence-corrected chi connectivity index (χ3v) is 4.67. The van der Waals surface area contributed by atoms with E-state index in [0.29, 0.717) is 18.8 Å². The van der Waals surface area contributed by atoms with Crippen molar-refractivity contribution in [2.45, 2.75) is 25.9 Å². The first-order chi connectivity index (χ1) is 9.35. The Labute approximate surface area is 119 Å². The number of nitrogens with one attached hydrogen (secondary N) is 1. The highest BCUT2D eigenvalue weighted by Crippen LogP contribution is 2.37. The molecular weight excluding hydrogens is 256 g/mol. The standard InChI is InChI=1S/C14H22N4O2/c1-13(2)9-15-7-6-14(13,19)10-17-11-18(20)8-4-3-5-12(18)16-17/h3-5,8,15,19H,6-7,9-11H2,1-2H3. The molecule has 110 valence electrons. The van der Waals surface area contributed by atoms with Gasteiger partial charge in [0, 0.05) is 18.0 Å². The number of β-amino-alcohol motifs (C(OH)–C–C–N with tert-alkyl or cyclic N) is 1. The van der Waals surface area contributed by atoms with Crippen molar-refractivity contribution < 1.29 is 9.75 Å². The molecule has 0 radical (unpaired) electrons. The predicted octanol–water partition coefficient (Wildman–Crippen LogP) is 0.722. The Hall–Kier alpha value is -1.21. The third kappa shape index (κ3) is 2.09. The summed E-state index contributed by atoms with van der Waals surface area (Å²) >= 11 is 0. The number of nitrogens with zero attached hydrogens (tertiary/aromatic N) is 3. The Balaban J connectivity index is 1.78. The van der Waals surface area contributed by atoms with Gasteiger partial charge in [-0.25, -0.2) is 5.01 Å². The number of hydrogen-bond acceptors (Lipinski definition) is 5.